The van der Waals surface area contributed by atoms with E-state index in [9.17, 15) is 14.4 Å². The molecule has 0 aliphatic heterocycles. The van der Waals surface area contributed by atoms with Gasteiger partial charge in [-0.15, -0.1) is 0 Å². The molecule has 0 fully saturated rings. The summed E-state index contributed by atoms with van der Waals surface area (Å²) in [4.78, 5) is 37.7. The SMILES string of the molecule is CC/C=C\C/C=C\C/C=C\CCCCC(=O)OC(COC(=O)CCCCC/C=C\C=C/CCCC)COC(=O)CCCCCCCC/C=C\C=C/CCCCC. The van der Waals surface area contributed by atoms with Gasteiger partial charge in [0.15, 0.2) is 6.10 Å². The number of unbranched alkanes of at least 4 members (excludes halogenated alkanes) is 16. The number of allylic oxidation sites excluding steroid dienone is 14. The summed E-state index contributed by atoms with van der Waals surface area (Å²) in [7, 11) is 0. The minimum Gasteiger partial charge on any atom is -0.462 e. The fraction of sp³-hybridized carbons (Fsp3) is 0.660. The van der Waals surface area contributed by atoms with Crippen LogP contribution in [0.25, 0.3) is 0 Å². The van der Waals surface area contributed by atoms with Gasteiger partial charge in [-0.05, 0) is 96.3 Å². The van der Waals surface area contributed by atoms with Crippen molar-refractivity contribution in [3.8, 4) is 0 Å². The Hall–Kier alpha value is -3.41. The van der Waals surface area contributed by atoms with Gasteiger partial charge in [0, 0.05) is 19.3 Å². The van der Waals surface area contributed by atoms with Crippen LogP contribution in [0.5, 0.6) is 0 Å². The summed E-state index contributed by atoms with van der Waals surface area (Å²) in [6.07, 6.45) is 55.7. The van der Waals surface area contributed by atoms with Crippen LogP contribution in [-0.4, -0.2) is 37.2 Å². The molecular formula is C50H82O6. The summed E-state index contributed by atoms with van der Waals surface area (Å²) < 4.78 is 16.6. The van der Waals surface area contributed by atoms with Crippen molar-refractivity contribution in [3.63, 3.8) is 0 Å². The largest absolute Gasteiger partial charge is 0.462 e. The van der Waals surface area contributed by atoms with E-state index in [4.69, 9.17) is 14.2 Å². The highest BCUT2D eigenvalue weighted by Gasteiger charge is 2.19. The van der Waals surface area contributed by atoms with Gasteiger partial charge in [0.1, 0.15) is 13.2 Å². The van der Waals surface area contributed by atoms with Crippen LogP contribution in [0.2, 0.25) is 0 Å². The number of esters is 3. The third-order valence-electron chi connectivity index (χ3n) is 9.16. The molecule has 318 valence electrons. The Bertz CT molecular complexity index is 1120. The van der Waals surface area contributed by atoms with Crippen molar-refractivity contribution in [2.45, 2.75) is 200 Å². The van der Waals surface area contributed by atoms with Gasteiger partial charge in [-0.25, -0.2) is 0 Å². The molecule has 0 aromatic carbocycles. The van der Waals surface area contributed by atoms with Gasteiger partial charge < -0.3 is 14.2 Å². The highest BCUT2D eigenvalue weighted by molar-refractivity contribution is 5.71. The smallest absolute Gasteiger partial charge is 0.306 e. The van der Waals surface area contributed by atoms with Crippen molar-refractivity contribution >= 4 is 17.9 Å². The molecule has 0 saturated heterocycles. The lowest BCUT2D eigenvalue weighted by Gasteiger charge is -2.18. The van der Waals surface area contributed by atoms with Crippen LogP contribution in [0.15, 0.2) is 85.1 Å². The Labute approximate surface area is 344 Å². The van der Waals surface area contributed by atoms with Crippen LogP contribution >= 0.6 is 0 Å². The summed E-state index contributed by atoms with van der Waals surface area (Å²) in [6, 6.07) is 0. The third kappa shape index (κ3) is 41.7. The Balaban J connectivity index is 4.49. The van der Waals surface area contributed by atoms with Gasteiger partial charge in [-0.1, -0.05) is 164 Å². The minimum absolute atomic E-state index is 0.108. The monoisotopic (exact) mass is 779 g/mol. The summed E-state index contributed by atoms with van der Waals surface area (Å²) in [5.74, 6) is -0.997. The lowest BCUT2D eigenvalue weighted by atomic mass is 10.1. The number of carbonyl (C=O) groups is 3. The van der Waals surface area contributed by atoms with E-state index in [2.05, 4.69) is 106 Å². The van der Waals surface area contributed by atoms with Crippen molar-refractivity contribution < 1.29 is 28.6 Å². The van der Waals surface area contributed by atoms with E-state index in [-0.39, 0.29) is 37.5 Å². The van der Waals surface area contributed by atoms with E-state index in [0.717, 1.165) is 96.3 Å². The van der Waals surface area contributed by atoms with E-state index in [0.29, 0.717) is 19.3 Å². The lowest BCUT2D eigenvalue weighted by molar-refractivity contribution is -0.167. The molecule has 1 unspecified atom stereocenters. The molecular weight excluding hydrogens is 697 g/mol. The van der Waals surface area contributed by atoms with Crippen LogP contribution in [-0.2, 0) is 28.6 Å². The molecule has 6 nitrogen and oxygen atoms in total. The topological polar surface area (TPSA) is 78.9 Å². The van der Waals surface area contributed by atoms with Crippen LogP contribution < -0.4 is 0 Å². The normalized spacial score (nSPS) is 12.8. The molecule has 0 heterocycles. The Morgan fingerprint density at radius 1 is 0.393 bits per heavy atom. The molecule has 56 heavy (non-hydrogen) atoms. The van der Waals surface area contributed by atoms with Crippen LogP contribution in [0.3, 0.4) is 0 Å². The first-order valence-corrected chi connectivity index (χ1v) is 22.6. The second kappa shape index (κ2) is 44.3. The summed E-state index contributed by atoms with van der Waals surface area (Å²) in [5.41, 5.74) is 0. The maximum atomic E-state index is 12.7. The first-order valence-electron chi connectivity index (χ1n) is 22.6. The minimum atomic E-state index is -0.810. The second-order valence-electron chi connectivity index (χ2n) is 14.6. The van der Waals surface area contributed by atoms with E-state index >= 15 is 0 Å². The molecule has 0 bridgehead atoms. The zero-order valence-electron chi connectivity index (χ0n) is 36.1. The van der Waals surface area contributed by atoms with Crippen LogP contribution in [0.4, 0.5) is 0 Å². The Kier molecular flexibility index (Phi) is 41.6. The molecule has 0 aliphatic carbocycles. The summed E-state index contributed by atoms with van der Waals surface area (Å²) in [6.45, 7) is 6.34. The molecule has 0 aliphatic rings. The van der Waals surface area contributed by atoms with E-state index in [1.807, 2.05) is 0 Å². The molecule has 0 aromatic rings. The van der Waals surface area contributed by atoms with E-state index in [1.54, 1.807) is 0 Å². The number of rotatable bonds is 39. The summed E-state index contributed by atoms with van der Waals surface area (Å²) in [5, 5.41) is 0. The van der Waals surface area contributed by atoms with Crippen molar-refractivity contribution in [1.82, 2.24) is 0 Å². The molecule has 0 rings (SSSR count). The first kappa shape index (κ1) is 52.6. The van der Waals surface area contributed by atoms with Crippen molar-refractivity contribution in [2.24, 2.45) is 0 Å². The molecule has 0 aromatic heterocycles. The highest BCUT2D eigenvalue weighted by atomic mass is 16.6. The molecule has 1 atom stereocenters. The van der Waals surface area contributed by atoms with Gasteiger partial charge in [-0.3, -0.25) is 14.4 Å². The quantitative estimate of drug-likeness (QED) is 0.0203. The maximum Gasteiger partial charge on any atom is 0.306 e. The zero-order chi connectivity index (χ0) is 40.8. The van der Waals surface area contributed by atoms with Crippen LogP contribution in [0.1, 0.15) is 194 Å². The van der Waals surface area contributed by atoms with Gasteiger partial charge in [-0.2, -0.15) is 0 Å². The number of hydrogen-bond donors (Lipinski definition) is 0. The van der Waals surface area contributed by atoms with Crippen molar-refractivity contribution in [3.05, 3.63) is 85.1 Å². The van der Waals surface area contributed by atoms with Crippen molar-refractivity contribution in [2.75, 3.05) is 13.2 Å². The molecule has 0 spiro atoms. The molecule has 0 saturated carbocycles. The lowest BCUT2D eigenvalue weighted by Crippen LogP contribution is -2.30. The van der Waals surface area contributed by atoms with E-state index < -0.39 is 6.10 Å². The predicted molar refractivity (Wildman–Crippen MR) is 237 cm³/mol. The van der Waals surface area contributed by atoms with Gasteiger partial charge in [0.05, 0.1) is 0 Å². The van der Waals surface area contributed by atoms with Gasteiger partial charge in [0.25, 0.3) is 0 Å². The summed E-state index contributed by atoms with van der Waals surface area (Å²) >= 11 is 0. The van der Waals surface area contributed by atoms with Crippen LogP contribution in [0, 0.1) is 0 Å². The standard InChI is InChI=1S/C50H82O6/c1-4-7-10-13-16-19-22-24-25-26-29-31-34-37-40-43-49(52)55-46-47(45-54-48(51)42-39-36-33-30-27-21-18-15-12-9-6-3)56-50(53)44-41-38-35-32-28-23-20-17-14-11-8-5-2/h8,11,15-22,24,27-28,32,47H,4-7,9-10,12-14,23,25-26,29-31,33-46H2,1-3H3/b11-8-,18-15-,19-16-,20-17-,24-22-,27-21-,32-28-. The Morgan fingerprint density at radius 3 is 1.30 bits per heavy atom. The average Bonchev–Trinajstić information content (AvgIpc) is 3.19. The first-order chi connectivity index (χ1) is 27.5. The number of hydrogen-bond acceptors (Lipinski definition) is 6. The highest BCUT2D eigenvalue weighted by Crippen LogP contribution is 2.12. The number of ether oxygens (including phenoxy) is 3. The fourth-order valence-corrected chi connectivity index (χ4v) is 5.72. The van der Waals surface area contributed by atoms with Gasteiger partial charge in [0.2, 0.25) is 0 Å². The van der Waals surface area contributed by atoms with E-state index in [1.165, 1.54) is 51.4 Å². The molecule has 6 heteroatoms. The average molecular weight is 779 g/mol. The zero-order valence-corrected chi connectivity index (χ0v) is 36.1. The van der Waals surface area contributed by atoms with Crippen molar-refractivity contribution in [1.29, 1.82) is 0 Å². The molecule has 0 radical (unpaired) electrons. The fourth-order valence-electron chi connectivity index (χ4n) is 5.72. The third-order valence-corrected chi connectivity index (χ3v) is 9.16. The predicted octanol–water partition coefficient (Wildman–Crippen LogP) is 14.5. The number of carbonyl (C=O) groups excluding carboxylic acids is 3. The maximum absolute atomic E-state index is 12.7. The molecule has 0 N–H and O–H groups in total. The van der Waals surface area contributed by atoms with Gasteiger partial charge >= 0.3 is 17.9 Å². The Morgan fingerprint density at radius 2 is 0.768 bits per heavy atom. The molecule has 0 amide bonds. The second-order valence-corrected chi connectivity index (χ2v) is 14.6.